The van der Waals surface area contributed by atoms with Crippen molar-refractivity contribution in [1.82, 2.24) is 4.90 Å². The largest absolute Gasteiger partial charge is 0.379 e. The number of hydrogen-bond donors (Lipinski definition) is 1. The van der Waals surface area contributed by atoms with Crippen molar-refractivity contribution in [3.63, 3.8) is 0 Å². The molecule has 0 bridgehead atoms. The molecule has 2 aromatic carbocycles. The second-order valence-corrected chi connectivity index (χ2v) is 7.23. The lowest BCUT2D eigenvalue weighted by atomic mass is 9.98. The van der Waals surface area contributed by atoms with Crippen LogP contribution in [0.15, 0.2) is 42.5 Å². The second-order valence-electron chi connectivity index (χ2n) is 7.23. The maximum atomic E-state index is 12.7. The van der Waals surface area contributed by atoms with E-state index in [4.69, 9.17) is 4.74 Å². The fourth-order valence-corrected chi connectivity index (χ4v) is 3.31. The normalized spacial score (nSPS) is 15.2. The number of morpholine rings is 1. The summed E-state index contributed by atoms with van der Waals surface area (Å²) in [5.41, 5.74) is 5.11. The van der Waals surface area contributed by atoms with Gasteiger partial charge in [-0.05, 0) is 41.7 Å². The molecule has 138 valence electrons. The Labute approximate surface area is 156 Å². The maximum absolute atomic E-state index is 12.7. The van der Waals surface area contributed by atoms with Gasteiger partial charge < -0.3 is 10.1 Å². The molecule has 2 aromatic rings. The SMILES string of the molecule is Cc1cccc(C(C)C)c1NC(=O)c1ccc(CN2CCOCC2)cc1. The number of ether oxygens (including phenoxy) is 1. The number of nitrogens with one attached hydrogen (secondary N) is 1. The van der Waals surface area contributed by atoms with Crippen LogP contribution in [0.3, 0.4) is 0 Å². The Bertz CT molecular complexity index is 747. The summed E-state index contributed by atoms with van der Waals surface area (Å²) in [6.45, 7) is 10.8. The number of anilines is 1. The molecule has 0 aliphatic carbocycles. The van der Waals surface area contributed by atoms with Crippen molar-refractivity contribution in [2.24, 2.45) is 0 Å². The predicted molar refractivity (Wildman–Crippen MR) is 106 cm³/mol. The monoisotopic (exact) mass is 352 g/mol. The average Bonchev–Trinajstić information content (AvgIpc) is 2.64. The molecule has 1 amide bonds. The van der Waals surface area contributed by atoms with E-state index in [0.29, 0.717) is 11.5 Å². The van der Waals surface area contributed by atoms with E-state index in [0.717, 1.165) is 44.1 Å². The van der Waals surface area contributed by atoms with E-state index in [9.17, 15) is 4.79 Å². The van der Waals surface area contributed by atoms with Gasteiger partial charge in [0.05, 0.1) is 13.2 Å². The van der Waals surface area contributed by atoms with Crippen LogP contribution in [0.5, 0.6) is 0 Å². The quantitative estimate of drug-likeness (QED) is 0.877. The van der Waals surface area contributed by atoms with Crippen molar-refractivity contribution >= 4 is 11.6 Å². The lowest BCUT2D eigenvalue weighted by Gasteiger charge is -2.26. The summed E-state index contributed by atoms with van der Waals surface area (Å²) in [5, 5.41) is 3.11. The van der Waals surface area contributed by atoms with Crippen LogP contribution in [-0.4, -0.2) is 37.1 Å². The molecule has 26 heavy (non-hydrogen) atoms. The highest BCUT2D eigenvalue weighted by molar-refractivity contribution is 6.05. The van der Waals surface area contributed by atoms with E-state index in [2.05, 4.69) is 30.1 Å². The lowest BCUT2D eigenvalue weighted by molar-refractivity contribution is 0.0342. The molecule has 3 rings (SSSR count). The fraction of sp³-hybridized carbons (Fsp3) is 0.409. The Morgan fingerprint density at radius 3 is 2.46 bits per heavy atom. The minimum absolute atomic E-state index is 0.0564. The highest BCUT2D eigenvalue weighted by Gasteiger charge is 2.14. The summed E-state index contributed by atoms with van der Waals surface area (Å²) in [5.74, 6) is 0.306. The molecule has 0 saturated carbocycles. The number of aryl methyl sites for hydroxylation is 1. The van der Waals surface area contributed by atoms with E-state index >= 15 is 0 Å². The number of nitrogens with zero attached hydrogens (tertiary/aromatic N) is 1. The molecule has 0 unspecified atom stereocenters. The van der Waals surface area contributed by atoms with Crippen molar-refractivity contribution in [1.29, 1.82) is 0 Å². The molecule has 0 radical (unpaired) electrons. The second kappa shape index (κ2) is 8.47. The van der Waals surface area contributed by atoms with E-state index in [1.54, 1.807) is 0 Å². The summed E-state index contributed by atoms with van der Waals surface area (Å²) in [7, 11) is 0. The van der Waals surface area contributed by atoms with Crippen LogP contribution in [0, 0.1) is 6.92 Å². The van der Waals surface area contributed by atoms with Crippen molar-refractivity contribution in [2.75, 3.05) is 31.6 Å². The number of hydrogen-bond acceptors (Lipinski definition) is 3. The molecule has 1 N–H and O–H groups in total. The van der Waals surface area contributed by atoms with Gasteiger partial charge in [-0.2, -0.15) is 0 Å². The van der Waals surface area contributed by atoms with Crippen molar-refractivity contribution in [3.8, 4) is 0 Å². The third-order valence-electron chi connectivity index (χ3n) is 4.89. The van der Waals surface area contributed by atoms with Gasteiger partial charge in [-0.1, -0.05) is 44.2 Å². The topological polar surface area (TPSA) is 41.6 Å². The molecule has 1 aliphatic rings. The molecule has 1 saturated heterocycles. The Hall–Kier alpha value is -2.17. The standard InChI is InChI=1S/C22H28N2O2/c1-16(2)20-6-4-5-17(3)21(20)23-22(25)19-9-7-18(8-10-19)15-24-11-13-26-14-12-24/h4-10,16H,11-15H2,1-3H3,(H,23,25). The van der Waals surface area contributed by atoms with Crippen LogP contribution in [0.2, 0.25) is 0 Å². The van der Waals surface area contributed by atoms with Crippen molar-refractivity contribution < 1.29 is 9.53 Å². The van der Waals surface area contributed by atoms with Crippen LogP contribution >= 0.6 is 0 Å². The molecule has 1 fully saturated rings. The minimum atomic E-state index is -0.0564. The summed E-state index contributed by atoms with van der Waals surface area (Å²) in [6.07, 6.45) is 0. The van der Waals surface area contributed by atoms with Crippen molar-refractivity contribution in [2.45, 2.75) is 33.2 Å². The van der Waals surface area contributed by atoms with Crippen LogP contribution < -0.4 is 5.32 Å². The first-order valence-corrected chi connectivity index (χ1v) is 9.34. The number of para-hydroxylation sites is 1. The highest BCUT2D eigenvalue weighted by atomic mass is 16.5. The summed E-state index contributed by atoms with van der Waals surface area (Å²) in [4.78, 5) is 15.1. The Morgan fingerprint density at radius 2 is 1.81 bits per heavy atom. The third-order valence-corrected chi connectivity index (χ3v) is 4.89. The summed E-state index contributed by atoms with van der Waals surface area (Å²) < 4.78 is 5.39. The van der Waals surface area contributed by atoms with Gasteiger partial charge in [-0.15, -0.1) is 0 Å². The van der Waals surface area contributed by atoms with Gasteiger partial charge in [0.1, 0.15) is 0 Å². The third kappa shape index (κ3) is 4.51. The Balaban J connectivity index is 1.69. The van der Waals surface area contributed by atoms with Gasteiger partial charge in [-0.3, -0.25) is 9.69 Å². The number of amides is 1. The zero-order valence-corrected chi connectivity index (χ0v) is 15.9. The first kappa shape index (κ1) is 18.6. The molecular formula is C22H28N2O2. The molecule has 4 nitrogen and oxygen atoms in total. The van der Waals surface area contributed by atoms with Gasteiger partial charge in [0.15, 0.2) is 0 Å². The highest BCUT2D eigenvalue weighted by Crippen LogP contribution is 2.27. The summed E-state index contributed by atoms with van der Waals surface area (Å²) >= 11 is 0. The van der Waals surface area contributed by atoms with Crippen molar-refractivity contribution in [3.05, 3.63) is 64.7 Å². The van der Waals surface area contributed by atoms with E-state index in [-0.39, 0.29) is 5.91 Å². The maximum Gasteiger partial charge on any atom is 0.255 e. The first-order chi connectivity index (χ1) is 12.5. The van der Waals surface area contributed by atoms with Gasteiger partial charge in [-0.25, -0.2) is 0 Å². The van der Waals surface area contributed by atoms with Gasteiger partial charge in [0, 0.05) is 30.9 Å². The molecule has 4 heteroatoms. The number of benzene rings is 2. The summed E-state index contributed by atoms with van der Waals surface area (Å²) in [6, 6.07) is 14.1. The Kier molecular flexibility index (Phi) is 6.07. The molecule has 0 aromatic heterocycles. The zero-order valence-electron chi connectivity index (χ0n) is 15.9. The van der Waals surface area contributed by atoms with Crippen LogP contribution in [0.1, 0.15) is 46.8 Å². The van der Waals surface area contributed by atoms with Gasteiger partial charge >= 0.3 is 0 Å². The van der Waals surface area contributed by atoms with Crippen LogP contribution in [0.25, 0.3) is 0 Å². The molecule has 1 heterocycles. The number of rotatable bonds is 5. The lowest BCUT2D eigenvalue weighted by Crippen LogP contribution is -2.35. The fourth-order valence-electron chi connectivity index (χ4n) is 3.31. The van der Waals surface area contributed by atoms with Crippen LogP contribution in [0.4, 0.5) is 5.69 Å². The smallest absolute Gasteiger partial charge is 0.255 e. The van der Waals surface area contributed by atoms with Gasteiger partial charge in [0.25, 0.3) is 5.91 Å². The molecule has 1 aliphatic heterocycles. The molecule has 0 spiro atoms. The molecule has 0 atom stereocenters. The predicted octanol–water partition coefficient (Wildman–Crippen LogP) is 4.20. The van der Waals surface area contributed by atoms with Crippen LogP contribution in [-0.2, 0) is 11.3 Å². The minimum Gasteiger partial charge on any atom is -0.379 e. The van der Waals surface area contributed by atoms with E-state index in [1.807, 2.05) is 43.3 Å². The average molecular weight is 352 g/mol. The molecular weight excluding hydrogens is 324 g/mol. The number of carbonyl (C=O) groups excluding carboxylic acids is 1. The Morgan fingerprint density at radius 1 is 1.12 bits per heavy atom. The van der Waals surface area contributed by atoms with E-state index < -0.39 is 0 Å². The number of carbonyl (C=O) groups is 1. The van der Waals surface area contributed by atoms with E-state index in [1.165, 1.54) is 11.1 Å². The zero-order chi connectivity index (χ0) is 18.5. The van der Waals surface area contributed by atoms with Gasteiger partial charge in [0.2, 0.25) is 0 Å². The first-order valence-electron chi connectivity index (χ1n) is 9.34.